The van der Waals surface area contributed by atoms with Gasteiger partial charge in [0.25, 0.3) is 0 Å². The zero-order chi connectivity index (χ0) is 10.8. The van der Waals surface area contributed by atoms with Crippen LogP contribution in [0, 0.1) is 0 Å². The third kappa shape index (κ3) is 2.55. The highest BCUT2D eigenvalue weighted by Gasteiger charge is 2.13. The predicted octanol–water partition coefficient (Wildman–Crippen LogP) is 2.12. The Morgan fingerprint density at radius 3 is 2.47 bits per heavy atom. The molecule has 0 radical (unpaired) electrons. The van der Waals surface area contributed by atoms with Crippen molar-refractivity contribution in [1.29, 1.82) is 0 Å². The smallest absolute Gasteiger partial charge is 0.191 e. The van der Waals surface area contributed by atoms with E-state index in [0.717, 1.165) is 18.7 Å². The lowest BCUT2D eigenvalue weighted by Gasteiger charge is -2.17. The molecule has 2 N–H and O–H groups in total. The fourth-order valence-electron chi connectivity index (χ4n) is 1.58. The van der Waals surface area contributed by atoms with Crippen molar-refractivity contribution in [3.05, 3.63) is 33.8 Å². The van der Waals surface area contributed by atoms with Crippen LogP contribution < -0.4 is 5.73 Å². The summed E-state index contributed by atoms with van der Waals surface area (Å²) in [6.45, 7) is 2.33. The van der Waals surface area contributed by atoms with E-state index in [2.05, 4.69) is 4.99 Å². The van der Waals surface area contributed by atoms with Crippen LogP contribution in [0.15, 0.2) is 23.2 Å². The van der Waals surface area contributed by atoms with E-state index in [0.29, 0.717) is 22.5 Å². The van der Waals surface area contributed by atoms with Crippen molar-refractivity contribution in [2.75, 3.05) is 13.1 Å². The molecule has 0 amide bonds. The lowest BCUT2D eigenvalue weighted by Crippen LogP contribution is -2.33. The minimum absolute atomic E-state index is 0.589. The van der Waals surface area contributed by atoms with E-state index in [1.54, 1.807) is 6.07 Å². The van der Waals surface area contributed by atoms with Crippen LogP contribution in [0.1, 0.15) is 5.56 Å². The zero-order valence-corrected chi connectivity index (χ0v) is 9.59. The Morgan fingerprint density at radius 1 is 1.27 bits per heavy atom. The van der Waals surface area contributed by atoms with Gasteiger partial charge in [-0.2, -0.15) is 0 Å². The Morgan fingerprint density at radius 2 is 1.93 bits per heavy atom. The van der Waals surface area contributed by atoms with E-state index in [1.165, 1.54) is 0 Å². The monoisotopic (exact) mass is 243 g/mol. The number of benzene rings is 1. The van der Waals surface area contributed by atoms with Crippen LogP contribution in [0.3, 0.4) is 0 Å². The molecule has 1 aromatic rings. The average molecular weight is 244 g/mol. The van der Waals surface area contributed by atoms with Gasteiger partial charge in [0.2, 0.25) is 0 Å². The van der Waals surface area contributed by atoms with Crippen molar-refractivity contribution in [1.82, 2.24) is 4.90 Å². The van der Waals surface area contributed by atoms with Gasteiger partial charge in [-0.15, -0.1) is 0 Å². The molecule has 0 saturated carbocycles. The molecular formula is C10H11Cl2N3. The second-order valence-corrected chi connectivity index (χ2v) is 4.31. The quantitative estimate of drug-likeness (QED) is 0.865. The molecule has 1 aliphatic heterocycles. The molecule has 3 nitrogen and oxygen atoms in total. The van der Waals surface area contributed by atoms with E-state index in [1.807, 2.05) is 17.0 Å². The van der Waals surface area contributed by atoms with Crippen LogP contribution >= 0.6 is 23.2 Å². The molecule has 80 valence electrons. The highest BCUT2D eigenvalue weighted by molar-refractivity contribution is 6.34. The second kappa shape index (κ2) is 4.29. The first-order valence-electron chi connectivity index (χ1n) is 4.65. The predicted molar refractivity (Wildman–Crippen MR) is 63.4 cm³/mol. The topological polar surface area (TPSA) is 41.6 Å². The third-order valence-electron chi connectivity index (χ3n) is 2.26. The minimum Gasteiger partial charge on any atom is -0.370 e. The molecule has 0 atom stereocenters. The molecule has 1 aliphatic rings. The van der Waals surface area contributed by atoms with Crippen LogP contribution in [-0.2, 0) is 6.54 Å². The van der Waals surface area contributed by atoms with E-state index >= 15 is 0 Å². The fraction of sp³-hybridized carbons (Fsp3) is 0.300. The lowest BCUT2D eigenvalue weighted by molar-refractivity contribution is 0.448. The highest BCUT2D eigenvalue weighted by Crippen LogP contribution is 2.20. The number of nitrogens with zero attached hydrogens (tertiary/aromatic N) is 2. The number of halogens is 2. The number of hydrogen-bond donors (Lipinski definition) is 1. The van der Waals surface area contributed by atoms with E-state index in [4.69, 9.17) is 28.9 Å². The molecular weight excluding hydrogens is 233 g/mol. The maximum atomic E-state index is 5.91. The van der Waals surface area contributed by atoms with Gasteiger partial charge < -0.3 is 10.6 Å². The third-order valence-corrected chi connectivity index (χ3v) is 2.70. The largest absolute Gasteiger partial charge is 0.370 e. The van der Waals surface area contributed by atoms with Crippen molar-refractivity contribution in [2.24, 2.45) is 10.7 Å². The molecule has 0 saturated heterocycles. The molecule has 0 aliphatic carbocycles. The molecule has 1 heterocycles. The highest BCUT2D eigenvalue weighted by atomic mass is 35.5. The van der Waals surface area contributed by atoms with Crippen LogP contribution in [0.2, 0.25) is 10.0 Å². The van der Waals surface area contributed by atoms with Gasteiger partial charge in [0, 0.05) is 23.1 Å². The summed E-state index contributed by atoms with van der Waals surface area (Å²) in [5.41, 5.74) is 6.76. The normalized spacial score (nSPS) is 15.6. The summed E-state index contributed by atoms with van der Waals surface area (Å²) in [7, 11) is 0. The maximum absolute atomic E-state index is 5.91. The van der Waals surface area contributed by atoms with Gasteiger partial charge in [0.05, 0.1) is 6.54 Å². The number of rotatable bonds is 2. The summed E-state index contributed by atoms with van der Waals surface area (Å²) in [5, 5.41) is 1.29. The average Bonchev–Trinajstić information content (AvgIpc) is 2.50. The number of aliphatic imine (C=N–C) groups is 1. The van der Waals surface area contributed by atoms with Gasteiger partial charge in [-0.25, -0.2) is 0 Å². The first-order valence-corrected chi connectivity index (χ1v) is 5.40. The Labute approximate surface area is 98.5 Å². The molecule has 0 unspecified atom stereocenters. The summed E-state index contributed by atoms with van der Waals surface area (Å²) in [4.78, 5) is 6.11. The van der Waals surface area contributed by atoms with Crippen molar-refractivity contribution in [2.45, 2.75) is 6.54 Å². The number of nitrogens with two attached hydrogens (primary N) is 1. The molecule has 15 heavy (non-hydrogen) atoms. The van der Waals surface area contributed by atoms with Crippen LogP contribution in [-0.4, -0.2) is 23.9 Å². The van der Waals surface area contributed by atoms with E-state index < -0.39 is 0 Å². The van der Waals surface area contributed by atoms with Gasteiger partial charge >= 0.3 is 0 Å². The molecule has 5 heteroatoms. The van der Waals surface area contributed by atoms with Gasteiger partial charge in [0.15, 0.2) is 5.96 Å². The van der Waals surface area contributed by atoms with Crippen LogP contribution in [0.5, 0.6) is 0 Å². The maximum Gasteiger partial charge on any atom is 0.191 e. The van der Waals surface area contributed by atoms with Crippen molar-refractivity contribution in [3.8, 4) is 0 Å². The van der Waals surface area contributed by atoms with Gasteiger partial charge in [-0.1, -0.05) is 23.2 Å². The zero-order valence-electron chi connectivity index (χ0n) is 8.08. The first kappa shape index (κ1) is 10.6. The van der Waals surface area contributed by atoms with Crippen LogP contribution in [0.25, 0.3) is 0 Å². The Bertz CT molecular complexity index is 383. The standard InChI is InChI=1S/C10H11Cl2N3/c11-8-3-7(4-9(12)5-8)6-15-2-1-14-10(15)13/h3-5H,1-2,6H2,(H2,13,14). The van der Waals surface area contributed by atoms with Crippen molar-refractivity contribution in [3.63, 3.8) is 0 Å². The summed E-state index contributed by atoms with van der Waals surface area (Å²) < 4.78 is 0. The molecule has 1 aromatic carbocycles. The SMILES string of the molecule is NC1=NCCN1Cc1cc(Cl)cc(Cl)c1. The van der Waals surface area contributed by atoms with Crippen molar-refractivity contribution < 1.29 is 0 Å². The molecule has 0 spiro atoms. The molecule has 0 bridgehead atoms. The molecule has 0 fully saturated rings. The summed E-state index contributed by atoms with van der Waals surface area (Å²) in [6, 6.07) is 5.49. The van der Waals surface area contributed by atoms with Gasteiger partial charge in [0.1, 0.15) is 0 Å². The first-order chi connectivity index (χ1) is 7.15. The van der Waals surface area contributed by atoms with E-state index in [9.17, 15) is 0 Å². The minimum atomic E-state index is 0.589. The molecule has 0 aromatic heterocycles. The Kier molecular flexibility index (Phi) is 3.03. The Hall–Kier alpha value is -0.930. The van der Waals surface area contributed by atoms with Crippen LogP contribution in [0.4, 0.5) is 0 Å². The summed E-state index contributed by atoms with van der Waals surface area (Å²) in [5.74, 6) is 0.589. The number of guanidine groups is 1. The summed E-state index contributed by atoms with van der Waals surface area (Å²) >= 11 is 11.8. The molecule has 2 rings (SSSR count). The second-order valence-electron chi connectivity index (χ2n) is 3.44. The fourth-order valence-corrected chi connectivity index (χ4v) is 2.15. The van der Waals surface area contributed by atoms with E-state index in [-0.39, 0.29) is 0 Å². The lowest BCUT2D eigenvalue weighted by atomic mass is 10.2. The van der Waals surface area contributed by atoms with Gasteiger partial charge in [-0.05, 0) is 23.8 Å². The Balaban J connectivity index is 2.14. The number of hydrogen-bond acceptors (Lipinski definition) is 3. The van der Waals surface area contributed by atoms with Crippen molar-refractivity contribution >= 4 is 29.2 Å². The summed E-state index contributed by atoms with van der Waals surface area (Å²) in [6.07, 6.45) is 0. The van der Waals surface area contributed by atoms with Gasteiger partial charge in [-0.3, -0.25) is 4.99 Å².